The van der Waals surface area contributed by atoms with Crippen molar-refractivity contribution in [2.24, 2.45) is 0 Å². The van der Waals surface area contributed by atoms with Crippen molar-refractivity contribution >= 4 is 39.6 Å². The number of halogens is 1. The van der Waals surface area contributed by atoms with Gasteiger partial charge in [0.05, 0.1) is 11.3 Å². The summed E-state index contributed by atoms with van der Waals surface area (Å²) in [6.07, 6.45) is 0. The van der Waals surface area contributed by atoms with E-state index in [4.69, 9.17) is 11.6 Å². The second-order valence-corrected chi connectivity index (χ2v) is 6.02. The van der Waals surface area contributed by atoms with E-state index in [1.165, 1.54) is 0 Å². The Morgan fingerprint density at radius 1 is 0.913 bits per heavy atom. The summed E-state index contributed by atoms with van der Waals surface area (Å²) in [5.41, 5.74) is 4.09. The molecule has 0 saturated heterocycles. The van der Waals surface area contributed by atoms with Crippen LogP contribution in [0.2, 0.25) is 5.02 Å². The summed E-state index contributed by atoms with van der Waals surface area (Å²) in [7, 11) is 0. The molecule has 0 unspecified atom stereocenters. The van der Waals surface area contributed by atoms with Crippen LogP contribution in [0.15, 0.2) is 54.1 Å². The van der Waals surface area contributed by atoms with E-state index in [-0.39, 0.29) is 0 Å². The molecule has 1 heterocycles. The Balaban J connectivity index is 2.08. The van der Waals surface area contributed by atoms with Crippen molar-refractivity contribution in [1.29, 1.82) is 0 Å². The SMILES string of the molecule is CC1=C(c2ccc(Cl)cc2)c2[nH]c3ccccc3c2C(=O)C1=O. The van der Waals surface area contributed by atoms with Crippen LogP contribution < -0.4 is 0 Å². The third-order valence-corrected chi connectivity index (χ3v) is 4.49. The van der Waals surface area contributed by atoms with Gasteiger partial charge in [0, 0.05) is 27.1 Å². The summed E-state index contributed by atoms with van der Waals surface area (Å²) in [6.45, 7) is 1.69. The highest BCUT2D eigenvalue weighted by Gasteiger charge is 2.34. The van der Waals surface area contributed by atoms with Crippen LogP contribution in [0, 0.1) is 0 Å². The fourth-order valence-corrected chi connectivity index (χ4v) is 3.25. The molecular formula is C19H12ClNO2. The number of benzene rings is 2. The third-order valence-electron chi connectivity index (χ3n) is 4.24. The van der Waals surface area contributed by atoms with Crippen LogP contribution in [0.1, 0.15) is 28.5 Å². The number of hydrogen-bond acceptors (Lipinski definition) is 2. The summed E-state index contributed by atoms with van der Waals surface area (Å²) in [6, 6.07) is 14.8. The number of aromatic amines is 1. The molecule has 4 rings (SSSR count). The van der Waals surface area contributed by atoms with Crippen molar-refractivity contribution in [2.75, 3.05) is 0 Å². The first kappa shape index (κ1) is 14.0. The fraction of sp³-hybridized carbons (Fsp3) is 0.0526. The second-order valence-electron chi connectivity index (χ2n) is 5.59. The van der Waals surface area contributed by atoms with E-state index in [0.29, 0.717) is 21.9 Å². The van der Waals surface area contributed by atoms with Gasteiger partial charge in [-0.25, -0.2) is 0 Å². The Hall–Kier alpha value is -2.65. The van der Waals surface area contributed by atoms with Crippen molar-refractivity contribution in [1.82, 2.24) is 4.98 Å². The van der Waals surface area contributed by atoms with E-state index >= 15 is 0 Å². The number of fused-ring (bicyclic) bond motifs is 3. The Bertz CT molecular complexity index is 1010. The van der Waals surface area contributed by atoms with Gasteiger partial charge in [0.15, 0.2) is 0 Å². The van der Waals surface area contributed by atoms with Crippen molar-refractivity contribution < 1.29 is 9.59 Å². The molecule has 112 valence electrons. The van der Waals surface area contributed by atoms with Gasteiger partial charge in [-0.1, -0.05) is 41.9 Å². The van der Waals surface area contributed by atoms with E-state index in [1.807, 2.05) is 36.4 Å². The Morgan fingerprint density at radius 2 is 1.61 bits per heavy atom. The van der Waals surface area contributed by atoms with Crippen LogP contribution in [0.4, 0.5) is 0 Å². The molecule has 1 aromatic heterocycles. The predicted octanol–water partition coefficient (Wildman–Crippen LogP) is 4.41. The molecule has 3 nitrogen and oxygen atoms in total. The minimum atomic E-state index is -0.452. The van der Waals surface area contributed by atoms with Crippen LogP contribution >= 0.6 is 11.6 Å². The van der Waals surface area contributed by atoms with Crippen LogP contribution in [-0.2, 0) is 4.79 Å². The normalized spacial score (nSPS) is 14.5. The third kappa shape index (κ3) is 1.97. The maximum Gasteiger partial charge on any atom is 0.235 e. The van der Waals surface area contributed by atoms with Crippen molar-refractivity contribution in [2.45, 2.75) is 6.92 Å². The molecule has 0 saturated carbocycles. The Labute approximate surface area is 137 Å². The van der Waals surface area contributed by atoms with E-state index in [1.54, 1.807) is 19.1 Å². The molecule has 2 aromatic carbocycles. The highest BCUT2D eigenvalue weighted by Crippen LogP contribution is 2.38. The van der Waals surface area contributed by atoms with E-state index in [9.17, 15) is 9.59 Å². The molecular weight excluding hydrogens is 310 g/mol. The van der Waals surface area contributed by atoms with E-state index in [2.05, 4.69) is 4.98 Å². The standard InChI is InChI=1S/C19H12ClNO2/c1-10-15(11-6-8-12(20)9-7-11)17-16(19(23)18(10)22)13-4-2-3-5-14(13)21-17/h2-9,21H,1H3. The van der Waals surface area contributed by atoms with E-state index in [0.717, 1.165) is 22.0 Å². The van der Waals surface area contributed by atoms with Gasteiger partial charge >= 0.3 is 0 Å². The van der Waals surface area contributed by atoms with Crippen LogP contribution in [0.5, 0.6) is 0 Å². The van der Waals surface area contributed by atoms with Gasteiger partial charge < -0.3 is 4.98 Å². The number of carbonyl (C=O) groups is 2. The quantitative estimate of drug-likeness (QED) is 0.675. The number of Topliss-reactive ketones (excluding diaryl/α,β-unsaturated/α-hetero) is 2. The van der Waals surface area contributed by atoms with E-state index < -0.39 is 11.6 Å². The first-order valence-corrected chi connectivity index (χ1v) is 7.62. The molecule has 0 fully saturated rings. The molecule has 4 heteroatoms. The summed E-state index contributed by atoms with van der Waals surface area (Å²) < 4.78 is 0. The van der Waals surface area contributed by atoms with Crippen LogP contribution in [0.25, 0.3) is 16.5 Å². The number of H-pyrrole nitrogens is 1. The number of allylic oxidation sites excluding steroid dienone is 1. The molecule has 0 amide bonds. The van der Waals surface area contributed by atoms with Crippen molar-refractivity contribution in [3.05, 3.63) is 75.9 Å². The van der Waals surface area contributed by atoms with Gasteiger partial charge in [0.25, 0.3) is 0 Å². The smallest absolute Gasteiger partial charge is 0.235 e. The molecule has 0 spiro atoms. The van der Waals surface area contributed by atoms with Gasteiger partial charge in [-0.15, -0.1) is 0 Å². The molecule has 0 aliphatic heterocycles. The van der Waals surface area contributed by atoms with Gasteiger partial charge in [-0.3, -0.25) is 9.59 Å². The lowest BCUT2D eigenvalue weighted by atomic mass is 9.84. The molecule has 1 N–H and O–H groups in total. The molecule has 1 aliphatic carbocycles. The maximum atomic E-state index is 12.5. The average molecular weight is 322 g/mol. The molecule has 0 atom stereocenters. The monoisotopic (exact) mass is 321 g/mol. The van der Waals surface area contributed by atoms with Crippen LogP contribution in [-0.4, -0.2) is 16.6 Å². The van der Waals surface area contributed by atoms with Gasteiger partial charge in [0.1, 0.15) is 0 Å². The summed E-state index contributed by atoms with van der Waals surface area (Å²) in [5.74, 6) is -0.903. The zero-order valence-electron chi connectivity index (χ0n) is 12.3. The average Bonchev–Trinajstić information content (AvgIpc) is 2.93. The zero-order chi connectivity index (χ0) is 16.1. The number of nitrogens with one attached hydrogen (secondary N) is 1. The number of aromatic nitrogens is 1. The van der Waals surface area contributed by atoms with Crippen LogP contribution in [0.3, 0.4) is 0 Å². The first-order valence-electron chi connectivity index (χ1n) is 7.25. The zero-order valence-corrected chi connectivity index (χ0v) is 13.1. The largest absolute Gasteiger partial charge is 0.354 e. The molecule has 0 radical (unpaired) electrons. The number of carbonyl (C=O) groups excluding carboxylic acids is 2. The highest BCUT2D eigenvalue weighted by molar-refractivity contribution is 6.54. The van der Waals surface area contributed by atoms with Gasteiger partial charge in [0.2, 0.25) is 11.6 Å². The molecule has 23 heavy (non-hydrogen) atoms. The minimum absolute atomic E-state index is 0.451. The van der Waals surface area contributed by atoms with Gasteiger partial charge in [-0.2, -0.15) is 0 Å². The first-order chi connectivity index (χ1) is 11.1. The maximum absolute atomic E-state index is 12.5. The van der Waals surface area contributed by atoms with Crippen molar-refractivity contribution in [3.8, 4) is 0 Å². The number of ketones is 2. The Morgan fingerprint density at radius 3 is 2.35 bits per heavy atom. The molecule has 0 bridgehead atoms. The lowest BCUT2D eigenvalue weighted by Gasteiger charge is -2.17. The predicted molar refractivity (Wildman–Crippen MR) is 90.8 cm³/mol. The number of rotatable bonds is 1. The van der Waals surface area contributed by atoms with Gasteiger partial charge in [-0.05, 0) is 30.7 Å². The number of para-hydroxylation sites is 1. The van der Waals surface area contributed by atoms with Crippen molar-refractivity contribution in [3.63, 3.8) is 0 Å². The minimum Gasteiger partial charge on any atom is -0.354 e. The summed E-state index contributed by atoms with van der Waals surface area (Å²) in [5, 5.41) is 1.40. The Kier molecular flexibility index (Phi) is 3.00. The fourth-order valence-electron chi connectivity index (χ4n) is 3.13. The second kappa shape index (κ2) is 4.93. The summed E-state index contributed by atoms with van der Waals surface area (Å²) >= 11 is 5.96. The lowest BCUT2D eigenvalue weighted by molar-refractivity contribution is -0.111. The topological polar surface area (TPSA) is 49.9 Å². The number of hydrogen-bond donors (Lipinski definition) is 1. The highest BCUT2D eigenvalue weighted by atomic mass is 35.5. The molecule has 1 aliphatic rings. The summed E-state index contributed by atoms with van der Waals surface area (Å²) in [4.78, 5) is 28.2. The lowest BCUT2D eigenvalue weighted by Crippen LogP contribution is -2.22. The molecule has 3 aromatic rings.